The zero-order valence-corrected chi connectivity index (χ0v) is 16.1. The number of nitrogens with zero attached hydrogens (tertiary/aromatic N) is 1. The van der Waals surface area contributed by atoms with Crippen molar-refractivity contribution < 1.29 is 9.84 Å². The summed E-state index contributed by atoms with van der Waals surface area (Å²) >= 11 is 3.49. The van der Waals surface area contributed by atoms with Crippen molar-refractivity contribution in [2.75, 3.05) is 13.1 Å². The van der Waals surface area contributed by atoms with Crippen molar-refractivity contribution in [1.29, 1.82) is 0 Å². The number of hydrogen-bond acceptors (Lipinski definition) is 3. The van der Waals surface area contributed by atoms with Gasteiger partial charge in [-0.1, -0.05) is 12.1 Å². The van der Waals surface area contributed by atoms with Crippen LogP contribution in [-0.2, 0) is 0 Å². The molecule has 1 aromatic carbocycles. The Hall–Kier alpha value is -1.27. The van der Waals surface area contributed by atoms with Gasteiger partial charge in [0.25, 0.3) is 0 Å². The highest BCUT2D eigenvalue weighted by Gasteiger charge is 2.20. The number of hydrogen-bond donors (Lipinski definition) is 3. The minimum absolute atomic E-state index is 0.0210. The van der Waals surface area contributed by atoms with Gasteiger partial charge in [0, 0.05) is 12.6 Å². The van der Waals surface area contributed by atoms with E-state index in [4.69, 9.17) is 4.74 Å². The first-order valence-electron chi connectivity index (χ1n) is 8.72. The van der Waals surface area contributed by atoms with Crippen molar-refractivity contribution in [3.63, 3.8) is 0 Å². The van der Waals surface area contributed by atoms with Gasteiger partial charge in [-0.15, -0.1) is 0 Å². The first kappa shape index (κ1) is 19.1. The summed E-state index contributed by atoms with van der Waals surface area (Å²) in [5.74, 6) is 1.65. The molecule has 1 atom stereocenters. The van der Waals surface area contributed by atoms with E-state index in [2.05, 4.69) is 38.5 Å². The van der Waals surface area contributed by atoms with Crippen molar-refractivity contribution >= 4 is 21.9 Å². The number of ether oxygens (including phenoxy) is 1. The Morgan fingerprint density at radius 1 is 1.33 bits per heavy atom. The first-order valence-corrected chi connectivity index (χ1v) is 9.52. The van der Waals surface area contributed by atoms with Gasteiger partial charge in [0.05, 0.1) is 17.1 Å². The lowest BCUT2D eigenvalue weighted by molar-refractivity contribution is 0.120. The highest BCUT2D eigenvalue weighted by Crippen LogP contribution is 2.24. The summed E-state index contributed by atoms with van der Waals surface area (Å²) in [5, 5.41) is 16.4. The van der Waals surface area contributed by atoms with Crippen LogP contribution >= 0.6 is 15.9 Å². The lowest BCUT2D eigenvalue weighted by Crippen LogP contribution is -2.45. The van der Waals surface area contributed by atoms with Crippen molar-refractivity contribution in [2.45, 2.75) is 57.8 Å². The Labute approximate surface area is 153 Å². The summed E-state index contributed by atoms with van der Waals surface area (Å²) < 4.78 is 6.89. The van der Waals surface area contributed by atoms with E-state index in [0.29, 0.717) is 12.6 Å². The molecule has 0 bridgehead atoms. The summed E-state index contributed by atoms with van der Waals surface area (Å²) in [6.07, 6.45) is 3.52. The predicted molar refractivity (Wildman–Crippen MR) is 102 cm³/mol. The molecule has 3 N–H and O–H groups in total. The van der Waals surface area contributed by atoms with Crippen molar-refractivity contribution in [3.8, 4) is 5.75 Å². The molecule has 1 aliphatic rings. The van der Waals surface area contributed by atoms with E-state index in [1.807, 2.05) is 31.2 Å². The Kier molecular flexibility index (Phi) is 7.85. The van der Waals surface area contributed by atoms with Crippen LogP contribution in [0.15, 0.2) is 33.7 Å². The Morgan fingerprint density at radius 3 is 2.71 bits per heavy atom. The molecule has 5 nitrogen and oxygen atoms in total. The smallest absolute Gasteiger partial charge is 0.191 e. The summed E-state index contributed by atoms with van der Waals surface area (Å²) in [7, 11) is 0. The molecule has 134 valence electrons. The monoisotopic (exact) mass is 397 g/mol. The molecule has 0 saturated heterocycles. The van der Waals surface area contributed by atoms with E-state index >= 15 is 0 Å². The second-order valence-electron chi connectivity index (χ2n) is 6.23. The molecule has 0 heterocycles. The molecule has 2 rings (SSSR count). The van der Waals surface area contributed by atoms with Gasteiger partial charge >= 0.3 is 0 Å². The quantitative estimate of drug-likeness (QED) is 0.509. The van der Waals surface area contributed by atoms with Crippen molar-refractivity contribution in [1.82, 2.24) is 10.6 Å². The third-order valence-electron chi connectivity index (χ3n) is 4.05. The number of guanidine groups is 1. The average molecular weight is 398 g/mol. The maximum Gasteiger partial charge on any atom is 0.191 e. The topological polar surface area (TPSA) is 65.9 Å². The lowest BCUT2D eigenvalue weighted by Gasteiger charge is -2.27. The molecule has 0 aliphatic heterocycles. The highest BCUT2D eigenvalue weighted by molar-refractivity contribution is 9.10. The third kappa shape index (κ3) is 6.32. The van der Waals surface area contributed by atoms with E-state index in [0.717, 1.165) is 48.4 Å². The summed E-state index contributed by atoms with van der Waals surface area (Å²) in [5.41, 5.74) is 0. The standard InChI is InChI=1S/C18H28BrN3O2/c1-3-20-18(22-14-8-10-15(23)11-9-14)21-12-13(2)24-17-7-5-4-6-16(17)19/h4-7,13-15,23H,3,8-12H2,1-2H3,(H2,20,21,22). The molecular formula is C18H28BrN3O2. The molecule has 1 aromatic rings. The molecule has 0 aromatic heterocycles. The minimum atomic E-state index is -0.139. The predicted octanol–water partition coefficient (Wildman–Crippen LogP) is 3.08. The van der Waals surface area contributed by atoms with E-state index in [-0.39, 0.29) is 12.2 Å². The van der Waals surface area contributed by atoms with Crippen molar-refractivity contribution in [2.24, 2.45) is 4.99 Å². The largest absolute Gasteiger partial charge is 0.488 e. The van der Waals surface area contributed by atoms with E-state index in [1.54, 1.807) is 0 Å². The number of benzene rings is 1. The summed E-state index contributed by atoms with van der Waals surface area (Å²) in [4.78, 5) is 4.64. The molecule has 0 amide bonds. The number of aliphatic imine (C=N–C) groups is 1. The van der Waals surface area contributed by atoms with Gasteiger partial charge in [-0.2, -0.15) is 0 Å². The zero-order chi connectivity index (χ0) is 17.4. The SMILES string of the molecule is CCNC(=NCC(C)Oc1ccccc1Br)NC1CCC(O)CC1. The van der Waals surface area contributed by atoms with Gasteiger partial charge in [-0.25, -0.2) is 4.99 Å². The van der Waals surface area contributed by atoms with Gasteiger partial charge in [-0.05, 0) is 67.6 Å². The van der Waals surface area contributed by atoms with Crippen LogP contribution in [-0.4, -0.2) is 42.4 Å². The summed E-state index contributed by atoms with van der Waals surface area (Å²) in [6, 6.07) is 8.22. The number of para-hydroxylation sites is 1. The molecular weight excluding hydrogens is 370 g/mol. The Balaban J connectivity index is 1.86. The second-order valence-corrected chi connectivity index (χ2v) is 7.08. The fourth-order valence-corrected chi connectivity index (χ4v) is 3.13. The highest BCUT2D eigenvalue weighted by atomic mass is 79.9. The maximum absolute atomic E-state index is 9.61. The first-order chi connectivity index (χ1) is 11.6. The molecule has 6 heteroatoms. The molecule has 1 aliphatic carbocycles. The molecule has 1 saturated carbocycles. The van der Waals surface area contributed by atoms with Gasteiger partial charge in [0.15, 0.2) is 5.96 Å². The molecule has 1 fully saturated rings. The molecule has 24 heavy (non-hydrogen) atoms. The second kappa shape index (κ2) is 9.89. The van der Waals surface area contributed by atoms with Gasteiger partial charge in [0.1, 0.15) is 11.9 Å². The van der Waals surface area contributed by atoms with Crippen LogP contribution < -0.4 is 15.4 Å². The van der Waals surface area contributed by atoms with Crippen LogP contribution in [0.2, 0.25) is 0 Å². The van der Waals surface area contributed by atoms with Crippen LogP contribution in [0.4, 0.5) is 0 Å². The minimum Gasteiger partial charge on any atom is -0.488 e. The number of aliphatic hydroxyl groups excluding tert-OH is 1. The van der Waals surface area contributed by atoms with Crippen LogP contribution in [0.25, 0.3) is 0 Å². The van der Waals surface area contributed by atoms with Crippen LogP contribution in [0, 0.1) is 0 Å². The van der Waals surface area contributed by atoms with Crippen LogP contribution in [0.3, 0.4) is 0 Å². The van der Waals surface area contributed by atoms with Gasteiger partial charge < -0.3 is 20.5 Å². The van der Waals surface area contributed by atoms with E-state index in [1.165, 1.54) is 0 Å². The number of halogens is 1. The van der Waals surface area contributed by atoms with Crippen LogP contribution in [0.5, 0.6) is 5.75 Å². The normalized spacial score (nSPS) is 22.8. The number of nitrogens with one attached hydrogen (secondary N) is 2. The molecule has 1 unspecified atom stereocenters. The Morgan fingerprint density at radius 2 is 2.04 bits per heavy atom. The average Bonchev–Trinajstić information content (AvgIpc) is 2.57. The van der Waals surface area contributed by atoms with E-state index in [9.17, 15) is 5.11 Å². The lowest BCUT2D eigenvalue weighted by atomic mass is 9.93. The zero-order valence-electron chi connectivity index (χ0n) is 14.5. The fourth-order valence-electron chi connectivity index (χ4n) is 2.75. The van der Waals surface area contributed by atoms with Crippen LogP contribution in [0.1, 0.15) is 39.5 Å². The van der Waals surface area contributed by atoms with E-state index < -0.39 is 0 Å². The third-order valence-corrected chi connectivity index (χ3v) is 4.71. The van der Waals surface area contributed by atoms with Crippen molar-refractivity contribution in [3.05, 3.63) is 28.7 Å². The van der Waals surface area contributed by atoms with Gasteiger partial charge in [-0.3, -0.25) is 0 Å². The summed E-state index contributed by atoms with van der Waals surface area (Å²) in [6.45, 7) is 5.47. The molecule has 0 radical (unpaired) electrons. The molecule has 0 spiro atoms. The van der Waals surface area contributed by atoms with Gasteiger partial charge in [0.2, 0.25) is 0 Å². The maximum atomic E-state index is 9.61. The fraction of sp³-hybridized carbons (Fsp3) is 0.611. The number of rotatable bonds is 6. The number of aliphatic hydroxyl groups is 1. The Bertz CT molecular complexity index is 531.